The quantitative estimate of drug-likeness (QED) is 0.686. The first-order chi connectivity index (χ1) is 10.5. The highest BCUT2D eigenvalue weighted by molar-refractivity contribution is 7.80. The van der Waals surface area contributed by atoms with Crippen LogP contribution < -0.4 is 10.6 Å². The number of aryl methyl sites for hydroxylation is 1. The number of halogens is 2. The van der Waals surface area contributed by atoms with E-state index in [1.165, 1.54) is 11.1 Å². The van der Waals surface area contributed by atoms with Gasteiger partial charge < -0.3 is 10.6 Å². The third-order valence-corrected chi connectivity index (χ3v) is 4.14. The summed E-state index contributed by atoms with van der Waals surface area (Å²) in [7, 11) is 0. The second kappa shape index (κ2) is 7.82. The van der Waals surface area contributed by atoms with Crippen LogP contribution in [0.25, 0.3) is 0 Å². The summed E-state index contributed by atoms with van der Waals surface area (Å²) in [6, 6.07) is 13.9. The molecule has 0 aliphatic carbocycles. The maximum absolute atomic E-state index is 6.14. The molecule has 22 heavy (non-hydrogen) atoms. The fraction of sp³-hybridized carbons (Fsp3) is 0.235. The fourth-order valence-electron chi connectivity index (χ4n) is 2.13. The number of hydrogen-bond acceptors (Lipinski definition) is 1. The van der Waals surface area contributed by atoms with Crippen molar-refractivity contribution >= 4 is 46.2 Å². The molecule has 0 aromatic heterocycles. The van der Waals surface area contributed by atoms with Crippen LogP contribution in [-0.4, -0.2) is 5.11 Å². The van der Waals surface area contributed by atoms with E-state index in [9.17, 15) is 0 Å². The topological polar surface area (TPSA) is 24.1 Å². The summed E-state index contributed by atoms with van der Waals surface area (Å²) in [6.07, 6.45) is 0.930. The third kappa shape index (κ3) is 4.60. The highest BCUT2D eigenvalue weighted by atomic mass is 35.5. The molecular formula is C17H18Cl2N2S. The molecule has 0 amide bonds. The van der Waals surface area contributed by atoms with E-state index in [2.05, 4.69) is 48.7 Å². The SMILES string of the molecule is CCC(NC(=S)Nc1ccc(Cl)cc1Cl)c1ccc(C)cc1. The van der Waals surface area contributed by atoms with Gasteiger partial charge in [0, 0.05) is 5.02 Å². The minimum Gasteiger partial charge on any atom is -0.356 e. The van der Waals surface area contributed by atoms with Crippen molar-refractivity contribution in [2.75, 3.05) is 5.32 Å². The first kappa shape index (κ1) is 17.1. The lowest BCUT2D eigenvalue weighted by Gasteiger charge is -2.20. The van der Waals surface area contributed by atoms with Gasteiger partial charge in [-0.2, -0.15) is 0 Å². The normalized spacial score (nSPS) is 11.8. The molecule has 0 aliphatic heterocycles. The van der Waals surface area contributed by atoms with Crippen molar-refractivity contribution in [3.8, 4) is 0 Å². The van der Waals surface area contributed by atoms with E-state index in [1.54, 1.807) is 12.1 Å². The summed E-state index contributed by atoms with van der Waals surface area (Å²) in [5, 5.41) is 8.11. The monoisotopic (exact) mass is 352 g/mol. The van der Waals surface area contributed by atoms with Gasteiger partial charge in [0.2, 0.25) is 0 Å². The molecule has 1 unspecified atom stereocenters. The maximum Gasteiger partial charge on any atom is 0.171 e. The lowest BCUT2D eigenvalue weighted by atomic mass is 10.0. The Kier molecular flexibility index (Phi) is 6.07. The van der Waals surface area contributed by atoms with Crippen LogP contribution in [0.15, 0.2) is 42.5 Å². The highest BCUT2D eigenvalue weighted by Gasteiger charge is 2.11. The van der Waals surface area contributed by atoms with Crippen molar-refractivity contribution in [1.82, 2.24) is 5.32 Å². The molecule has 1 atom stereocenters. The second-order valence-electron chi connectivity index (χ2n) is 5.09. The molecule has 0 saturated carbocycles. The first-order valence-corrected chi connectivity index (χ1v) is 8.25. The largest absolute Gasteiger partial charge is 0.356 e. The van der Waals surface area contributed by atoms with Crippen molar-refractivity contribution in [3.05, 3.63) is 63.6 Å². The van der Waals surface area contributed by atoms with E-state index in [0.717, 1.165) is 12.1 Å². The van der Waals surface area contributed by atoms with Crippen LogP contribution in [-0.2, 0) is 0 Å². The minimum absolute atomic E-state index is 0.159. The average molecular weight is 353 g/mol. The van der Waals surface area contributed by atoms with Gasteiger partial charge in [-0.15, -0.1) is 0 Å². The number of anilines is 1. The van der Waals surface area contributed by atoms with Gasteiger partial charge >= 0.3 is 0 Å². The third-order valence-electron chi connectivity index (χ3n) is 3.37. The molecule has 2 N–H and O–H groups in total. The van der Waals surface area contributed by atoms with Gasteiger partial charge in [0.05, 0.1) is 16.8 Å². The smallest absolute Gasteiger partial charge is 0.171 e. The Morgan fingerprint density at radius 3 is 2.41 bits per heavy atom. The van der Waals surface area contributed by atoms with Crippen molar-refractivity contribution in [2.24, 2.45) is 0 Å². The van der Waals surface area contributed by atoms with Crippen LogP contribution in [0.1, 0.15) is 30.5 Å². The molecule has 116 valence electrons. The van der Waals surface area contributed by atoms with Gasteiger partial charge in [-0.3, -0.25) is 0 Å². The summed E-state index contributed by atoms with van der Waals surface area (Å²) in [5.74, 6) is 0. The van der Waals surface area contributed by atoms with E-state index in [1.807, 2.05) is 6.07 Å². The van der Waals surface area contributed by atoms with E-state index < -0.39 is 0 Å². The number of thiocarbonyl (C=S) groups is 1. The number of nitrogens with one attached hydrogen (secondary N) is 2. The van der Waals surface area contributed by atoms with E-state index in [-0.39, 0.29) is 6.04 Å². The second-order valence-corrected chi connectivity index (χ2v) is 6.35. The van der Waals surface area contributed by atoms with Crippen molar-refractivity contribution < 1.29 is 0 Å². The predicted molar refractivity (Wildman–Crippen MR) is 100 cm³/mol. The van der Waals surface area contributed by atoms with E-state index in [4.69, 9.17) is 35.4 Å². The van der Waals surface area contributed by atoms with Crippen LogP contribution >= 0.6 is 35.4 Å². The summed E-state index contributed by atoms with van der Waals surface area (Å²) < 4.78 is 0. The van der Waals surface area contributed by atoms with Gasteiger partial charge in [-0.05, 0) is 49.3 Å². The number of rotatable bonds is 4. The number of hydrogen-bond donors (Lipinski definition) is 2. The summed E-state index contributed by atoms with van der Waals surface area (Å²) in [6.45, 7) is 4.20. The van der Waals surface area contributed by atoms with Crippen molar-refractivity contribution in [2.45, 2.75) is 26.3 Å². The zero-order chi connectivity index (χ0) is 16.1. The van der Waals surface area contributed by atoms with Crippen molar-refractivity contribution in [3.63, 3.8) is 0 Å². The molecule has 0 fully saturated rings. The molecule has 0 bridgehead atoms. The summed E-state index contributed by atoms with van der Waals surface area (Å²) >= 11 is 17.4. The lowest BCUT2D eigenvalue weighted by molar-refractivity contribution is 0.629. The highest BCUT2D eigenvalue weighted by Crippen LogP contribution is 2.25. The van der Waals surface area contributed by atoms with Crippen LogP contribution in [0.2, 0.25) is 10.0 Å². The zero-order valence-electron chi connectivity index (χ0n) is 12.5. The Morgan fingerprint density at radius 2 is 1.82 bits per heavy atom. The summed E-state index contributed by atoms with van der Waals surface area (Å²) in [5.41, 5.74) is 3.19. The zero-order valence-corrected chi connectivity index (χ0v) is 14.8. The Labute approximate surface area is 146 Å². The Hall–Kier alpha value is -1.29. The lowest BCUT2D eigenvalue weighted by Crippen LogP contribution is -2.32. The molecule has 0 aliphatic rings. The van der Waals surface area contributed by atoms with E-state index >= 15 is 0 Å². The maximum atomic E-state index is 6.14. The Morgan fingerprint density at radius 1 is 1.14 bits per heavy atom. The molecule has 2 aromatic carbocycles. The van der Waals surface area contributed by atoms with Gasteiger partial charge in [0.15, 0.2) is 5.11 Å². The standard InChI is InChI=1S/C17H18Cl2N2S/c1-3-15(12-6-4-11(2)5-7-12)20-17(22)21-16-9-8-13(18)10-14(16)19/h4-10,15H,3H2,1-2H3,(H2,20,21,22). The molecule has 5 heteroatoms. The first-order valence-electron chi connectivity index (χ1n) is 7.08. The molecule has 2 aromatic rings. The molecule has 0 saturated heterocycles. The van der Waals surface area contributed by atoms with Gasteiger partial charge in [-0.1, -0.05) is 60.0 Å². The van der Waals surface area contributed by atoms with E-state index in [0.29, 0.717) is 15.2 Å². The fourth-order valence-corrected chi connectivity index (χ4v) is 2.84. The van der Waals surface area contributed by atoms with Gasteiger partial charge in [0.25, 0.3) is 0 Å². The summed E-state index contributed by atoms with van der Waals surface area (Å²) in [4.78, 5) is 0. The minimum atomic E-state index is 0.159. The van der Waals surface area contributed by atoms with Crippen LogP contribution in [0, 0.1) is 6.92 Å². The number of benzene rings is 2. The van der Waals surface area contributed by atoms with Crippen molar-refractivity contribution in [1.29, 1.82) is 0 Å². The van der Waals surface area contributed by atoms with Crippen LogP contribution in [0.5, 0.6) is 0 Å². The van der Waals surface area contributed by atoms with Crippen LogP contribution in [0.3, 0.4) is 0 Å². The average Bonchev–Trinajstić information content (AvgIpc) is 2.49. The predicted octanol–water partition coefficient (Wildman–Crippen LogP) is 5.74. The Bertz CT molecular complexity index is 656. The molecule has 2 nitrogen and oxygen atoms in total. The molecule has 0 heterocycles. The van der Waals surface area contributed by atoms with Gasteiger partial charge in [-0.25, -0.2) is 0 Å². The molecule has 2 rings (SSSR count). The molecular weight excluding hydrogens is 335 g/mol. The Balaban J connectivity index is 2.04. The molecule has 0 radical (unpaired) electrons. The molecule has 0 spiro atoms. The van der Waals surface area contributed by atoms with Gasteiger partial charge in [0.1, 0.15) is 0 Å². The van der Waals surface area contributed by atoms with Crippen LogP contribution in [0.4, 0.5) is 5.69 Å².